The van der Waals surface area contributed by atoms with Gasteiger partial charge in [0, 0.05) is 0 Å². The monoisotopic (exact) mass is 296 g/mol. The fourth-order valence-corrected chi connectivity index (χ4v) is 2.43. The summed E-state index contributed by atoms with van der Waals surface area (Å²) in [5.41, 5.74) is 3.37. The minimum Gasteiger partial charge on any atom is -0.426 e. The van der Waals surface area contributed by atoms with Gasteiger partial charge in [0.1, 0.15) is 5.75 Å². The van der Waals surface area contributed by atoms with E-state index in [0.717, 1.165) is 17.5 Å². The van der Waals surface area contributed by atoms with Crippen LogP contribution >= 0.6 is 0 Å². The Kier molecular flexibility index (Phi) is 5.37. The molecule has 2 rings (SSSR count). The minimum absolute atomic E-state index is 0.220. The number of rotatable bonds is 5. The van der Waals surface area contributed by atoms with Crippen molar-refractivity contribution < 1.29 is 9.53 Å². The molecule has 0 N–H and O–H groups in total. The molecule has 0 amide bonds. The summed E-state index contributed by atoms with van der Waals surface area (Å²) in [6.45, 7) is 8.27. The lowest BCUT2D eigenvalue weighted by atomic mass is 9.97. The molecular weight excluding hydrogens is 272 g/mol. The van der Waals surface area contributed by atoms with Gasteiger partial charge in [-0.25, -0.2) is 0 Å². The summed E-state index contributed by atoms with van der Waals surface area (Å²) >= 11 is 0. The molecule has 0 unspecified atom stereocenters. The van der Waals surface area contributed by atoms with Crippen LogP contribution in [0.2, 0.25) is 0 Å². The highest BCUT2D eigenvalue weighted by atomic mass is 16.5. The quantitative estimate of drug-likeness (QED) is 0.579. The minimum atomic E-state index is -0.270. The maximum atomic E-state index is 12.3. The van der Waals surface area contributed by atoms with E-state index in [2.05, 4.69) is 26.0 Å². The number of ether oxygens (including phenoxy) is 1. The molecular formula is C20H24O2. The second kappa shape index (κ2) is 7.26. The fraction of sp³-hybridized carbons (Fsp3) is 0.350. The molecule has 0 saturated carbocycles. The SMILES string of the molecule is Cc1cccc(OC(=O)[C@H](C)c2ccc(CC(C)C)cc2)c1. The van der Waals surface area contributed by atoms with Gasteiger partial charge in [0.2, 0.25) is 0 Å². The van der Waals surface area contributed by atoms with Crippen molar-refractivity contribution in [3.8, 4) is 5.75 Å². The molecule has 0 aromatic heterocycles. The normalized spacial score (nSPS) is 12.2. The predicted octanol–water partition coefficient (Wildman–Crippen LogP) is 4.90. The Balaban J connectivity index is 2.03. The van der Waals surface area contributed by atoms with Crippen molar-refractivity contribution in [2.75, 3.05) is 0 Å². The zero-order chi connectivity index (χ0) is 16.1. The third-order valence-electron chi connectivity index (χ3n) is 3.69. The molecule has 0 bridgehead atoms. The van der Waals surface area contributed by atoms with Crippen LogP contribution in [0.4, 0.5) is 0 Å². The van der Waals surface area contributed by atoms with E-state index in [1.165, 1.54) is 5.56 Å². The van der Waals surface area contributed by atoms with Gasteiger partial charge < -0.3 is 4.74 Å². The lowest BCUT2D eigenvalue weighted by molar-refractivity contribution is -0.135. The van der Waals surface area contributed by atoms with E-state index in [4.69, 9.17) is 4.74 Å². The zero-order valence-corrected chi connectivity index (χ0v) is 13.8. The summed E-state index contributed by atoms with van der Waals surface area (Å²) in [7, 11) is 0. The van der Waals surface area contributed by atoms with Gasteiger partial charge in [-0.1, -0.05) is 50.2 Å². The van der Waals surface area contributed by atoms with Gasteiger partial charge in [0.15, 0.2) is 0 Å². The summed E-state index contributed by atoms with van der Waals surface area (Å²) in [6, 6.07) is 15.8. The lowest BCUT2D eigenvalue weighted by Gasteiger charge is -2.13. The number of hydrogen-bond donors (Lipinski definition) is 0. The van der Waals surface area contributed by atoms with Crippen LogP contribution in [0.1, 0.15) is 43.4 Å². The third-order valence-corrected chi connectivity index (χ3v) is 3.69. The molecule has 1 atom stereocenters. The topological polar surface area (TPSA) is 26.3 Å². The van der Waals surface area contributed by atoms with Crippen LogP contribution < -0.4 is 4.74 Å². The van der Waals surface area contributed by atoms with E-state index in [1.54, 1.807) is 0 Å². The smallest absolute Gasteiger partial charge is 0.318 e. The van der Waals surface area contributed by atoms with Crippen LogP contribution in [0, 0.1) is 12.8 Å². The van der Waals surface area contributed by atoms with E-state index >= 15 is 0 Å². The Morgan fingerprint density at radius 2 is 1.73 bits per heavy atom. The Hall–Kier alpha value is -2.09. The van der Waals surface area contributed by atoms with E-state index in [9.17, 15) is 4.79 Å². The maximum Gasteiger partial charge on any atom is 0.318 e. The van der Waals surface area contributed by atoms with Gasteiger partial charge >= 0.3 is 5.97 Å². The third kappa shape index (κ3) is 4.45. The van der Waals surface area contributed by atoms with Gasteiger partial charge in [-0.3, -0.25) is 4.79 Å². The van der Waals surface area contributed by atoms with E-state index in [-0.39, 0.29) is 11.9 Å². The van der Waals surface area contributed by atoms with E-state index in [1.807, 2.05) is 50.2 Å². The fourth-order valence-electron chi connectivity index (χ4n) is 2.43. The summed E-state index contributed by atoms with van der Waals surface area (Å²) in [5.74, 6) is 0.749. The number of carbonyl (C=O) groups excluding carboxylic acids is 1. The number of carbonyl (C=O) groups is 1. The highest BCUT2D eigenvalue weighted by molar-refractivity contribution is 5.79. The van der Waals surface area contributed by atoms with Crippen LogP contribution in [0.15, 0.2) is 48.5 Å². The second-order valence-corrected chi connectivity index (χ2v) is 6.30. The molecule has 0 aliphatic carbocycles. The van der Waals surface area contributed by atoms with Crippen molar-refractivity contribution >= 4 is 5.97 Å². The molecule has 0 aliphatic heterocycles. The standard InChI is InChI=1S/C20H24O2/c1-14(2)12-17-8-10-18(11-9-17)16(4)20(21)22-19-7-5-6-15(3)13-19/h5-11,13-14,16H,12H2,1-4H3/t16-/m1/s1. The van der Waals surface area contributed by atoms with Gasteiger partial charge in [-0.2, -0.15) is 0 Å². The Bertz CT molecular complexity index is 626. The van der Waals surface area contributed by atoms with Crippen LogP contribution in [-0.2, 0) is 11.2 Å². The molecule has 2 nitrogen and oxygen atoms in total. The first-order valence-electron chi connectivity index (χ1n) is 7.83. The first kappa shape index (κ1) is 16.3. The molecule has 0 spiro atoms. The van der Waals surface area contributed by atoms with Crippen LogP contribution in [0.5, 0.6) is 5.75 Å². The average Bonchev–Trinajstić information content (AvgIpc) is 2.46. The largest absolute Gasteiger partial charge is 0.426 e. The van der Waals surface area contributed by atoms with Crippen molar-refractivity contribution in [2.45, 2.75) is 40.0 Å². The van der Waals surface area contributed by atoms with Crippen molar-refractivity contribution in [3.05, 3.63) is 65.2 Å². The first-order chi connectivity index (χ1) is 10.5. The molecule has 0 radical (unpaired) electrons. The molecule has 0 heterocycles. The summed E-state index contributed by atoms with van der Waals surface area (Å²) in [4.78, 5) is 12.3. The summed E-state index contributed by atoms with van der Waals surface area (Å²) in [5, 5.41) is 0. The van der Waals surface area contributed by atoms with Crippen molar-refractivity contribution in [1.82, 2.24) is 0 Å². The Morgan fingerprint density at radius 1 is 1.05 bits per heavy atom. The summed E-state index contributed by atoms with van der Waals surface area (Å²) < 4.78 is 5.47. The Labute approximate surface area is 133 Å². The molecule has 2 heteroatoms. The average molecular weight is 296 g/mol. The molecule has 0 aliphatic rings. The Morgan fingerprint density at radius 3 is 2.32 bits per heavy atom. The number of esters is 1. The number of hydrogen-bond acceptors (Lipinski definition) is 2. The molecule has 0 saturated heterocycles. The molecule has 0 fully saturated rings. The lowest BCUT2D eigenvalue weighted by Crippen LogP contribution is -2.16. The second-order valence-electron chi connectivity index (χ2n) is 6.30. The highest BCUT2D eigenvalue weighted by Gasteiger charge is 2.17. The predicted molar refractivity (Wildman–Crippen MR) is 90.2 cm³/mol. The van der Waals surface area contributed by atoms with Crippen molar-refractivity contribution in [1.29, 1.82) is 0 Å². The van der Waals surface area contributed by atoms with Crippen LogP contribution in [0.25, 0.3) is 0 Å². The molecule has 2 aromatic rings. The van der Waals surface area contributed by atoms with Gasteiger partial charge in [0.25, 0.3) is 0 Å². The molecule has 116 valence electrons. The highest BCUT2D eigenvalue weighted by Crippen LogP contribution is 2.21. The summed E-state index contributed by atoms with van der Waals surface area (Å²) in [6.07, 6.45) is 1.06. The van der Waals surface area contributed by atoms with Crippen LogP contribution in [-0.4, -0.2) is 5.97 Å². The zero-order valence-electron chi connectivity index (χ0n) is 13.8. The maximum absolute atomic E-state index is 12.3. The number of aryl methyl sites for hydroxylation is 1. The van der Waals surface area contributed by atoms with E-state index in [0.29, 0.717) is 11.7 Å². The van der Waals surface area contributed by atoms with Crippen molar-refractivity contribution in [2.24, 2.45) is 5.92 Å². The van der Waals surface area contributed by atoms with Crippen LogP contribution in [0.3, 0.4) is 0 Å². The van der Waals surface area contributed by atoms with Gasteiger partial charge in [0.05, 0.1) is 5.92 Å². The molecule has 22 heavy (non-hydrogen) atoms. The first-order valence-corrected chi connectivity index (χ1v) is 7.83. The number of benzene rings is 2. The van der Waals surface area contributed by atoms with Crippen molar-refractivity contribution in [3.63, 3.8) is 0 Å². The van der Waals surface area contributed by atoms with Gasteiger partial charge in [-0.05, 0) is 55.0 Å². The van der Waals surface area contributed by atoms with E-state index < -0.39 is 0 Å². The van der Waals surface area contributed by atoms with Gasteiger partial charge in [-0.15, -0.1) is 0 Å². The molecule has 2 aromatic carbocycles.